The maximum atomic E-state index is 11.1. The lowest BCUT2D eigenvalue weighted by molar-refractivity contribution is -0.133. The van der Waals surface area contributed by atoms with Crippen molar-refractivity contribution in [1.29, 1.82) is 0 Å². The zero-order chi connectivity index (χ0) is 34.2. The second kappa shape index (κ2) is 15.8. The van der Waals surface area contributed by atoms with E-state index in [1.165, 1.54) is 0 Å². The Kier molecular flexibility index (Phi) is 11.4. The third-order valence-corrected chi connectivity index (χ3v) is 7.27. The molecule has 4 aromatic heterocycles. The van der Waals surface area contributed by atoms with E-state index in [0.717, 1.165) is 33.6 Å². The average molecular weight is 659 g/mol. The molecule has 0 spiro atoms. The van der Waals surface area contributed by atoms with Crippen LogP contribution in [0.5, 0.6) is 0 Å². The zero-order valence-electron chi connectivity index (χ0n) is 26.9. The molecule has 2 aromatic carbocycles. The predicted octanol–water partition coefficient (Wildman–Crippen LogP) is 4.82. The number of aliphatic carboxylic acids is 2. The number of aromatic nitrogens is 8. The first kappa shape index (κ1) is 35.3. The standard InChI is InChI=1S/2C18H16N4O2.H2O/c2*1-12-3-5-15(6-4-12)22-16(11-13(2)18(23)24)20-21-17(22)14-7-9-19-10-8-14;/h2*3-10H,2,11H2,1H3,(H,23,24);1H2. The Morgan fingerprint density at radius 2 is 0.898 bits per heavy atom. The Bertz CT molecular complexity index is 1920. The molecule has 248 valence electrons. The number of hydrogen-bond acceptors (Lipinski definition) is 8. The van der Waals surface area contributed by atoms with E-state index in [9.17, 15) is 9.59 Å². The number of carboxylic acid groups (broad SMARTS) is 2. The highest BCUT2D eigenvalue weighted by Gasteiger charge is 2.19. The Hall–Kier alpha value is -6.60. The molecule has 0 amide bonds. The molecule has 0 bridgehead atoms. The number of carboxylic acids is 2. The summed E-state index contributed by atoms with van der Waals surface area (Å²) < 4.78 is 3.70. The summed E-state index contributed by atoms with van der Waals surface area (Å²) in [5, 5.41) is 35.1. The molecule has 4 heterocycles. The minimum Gasteiger partial charge on any atom is -0.478 e. The lowest BCUT2D eigenvalue weighted by atomic mass is 10.1. The van der Waals surface area contributed by atoms with Gasteiger partial charge in [0.25, 0.3) is 0 Å². The maximum absolute atomic E-state index is 11.1. The number of nitrogens with zero attached hydrogens (tertiary/aromatic N) is 8. The van der Waals surface area contributed by atoms with E-state index in [4.69, 9.17) is 10.2 Å². The van der Waals surface area contributed by atoms with Gasteiger partial charge in [-0.25, -0.2) is 9.59 Å². The van der Waals surface area contributed by atoms with Gasteiger partial charge in [-0.15, -0.1) is 20.4 Å². The first-order chi connectivity index (χ1) is 23.1. The van der Waals surface area contributed by atoms with Crippen molar-refractivity contribution in [1.82, 2.24) is 39.5 Å². The fourth-order valence-corrected chi connectivity index (χ4v) is 4.70. The lowest BCUT2D eigenvalue weighted by Gasteiger charge is -2.11. The zero-order valence-corrected chi connectivity index (χ0v) is 26.9. The Balaban J connectivity index is 0.000000216. The summed E-state index contributed by atoms with van der Waals surface area (Å²) in [6, 6.07) is 23.1. The molecule has 0 saturated heterocycles. The van der Waals surface area contributed by atoms with Crippen LogP contribution in [0.3, 0.4) is 0 Å². The topological polar surface area (TPSA) is 193 Å². The van der Waals surface area contributed by atoms with Crippen LogP contribution in [0.4, 0.5) is 0 Å². The Morgan fingerprint density at radius 1 is 0.571 bits per heavy atom. The highest BCUT2D eigenvalue weighted by molar-refractivity contribution is 5.86. The quantitative estimate of drug-likeness (QED) is 0.193. The summed E-state index contributed by atoms with van der Waals surface area (Å²) in [7, 11) is 0. The molecule has 6 rings (SSSR count). The van der Waals surface area contributed by atoms with Crippen LogP contribution in [-0.4, -0.2) is 67.1 Å². The average Bonchev–Trinajstić information content (AvgIpc) is 3.71. The van der Waals surface area contributed by atoms with Crippen molar-refractivity contribution < 1.29 is 25.3 Å². The molecule has 6 aromatic rings. The molecule has 13 heteroatoms. The molecule has 0 radical (unpaired) electrons. The molecule has 0 unspecified atom stereocenters. The van der Waals surface area contributed by atoms with Gasteiger partial charge in [0, 0.05) is 71.3 Å². The maximum Gasteiger partial charge on any atom is 0.331 e. The molecule has 0 fully saturated rings. The van der Waals surface area contributed by atoms with Crippen LogP contribution in [0, 0.1) is 13.8 Å². The van der Waals surface area contributed by atoms with Gasteiger partial charge in [-0.2, -0.15) is 0 Å². The van der Waals surface area contributed by atoms with Gasteiger partial charge in [-0.3, -0.25) is 19.1 Å². The molecule has 0 aliphatic carbocycles. The van der Waals surface area contributed by atoms with Crippen molar-refractivity contribution in [2.45, 2.75) is 26.7 Å². The van der Waals surface area contributed by atoms with Gasteiger partial charge in [0.15, 0.2) is 11.6 Å². The van der Waals surface area contributed by atoms with Crippen LogP contribution in [0.15, 0.2) is 122 Å². The number of benzene rings is 2. The van der Waals surface area contributed by atoms with Crippen LogP contribution in [0.1, 0.15) is 22.8 Å². The van der Waals surface area contributed by atoms with Gasteiger partial charge < -0.3 is 15.7 Å². The Morgan fingerprint density at radius 3 is 1.20 bits per heavy atom. The normalized spacial score (nSPS) is 10.3. The molecular formula is C36H34N8O5. The fraction of sp³-hybridized carbons (Fsp3) is 0.111. The monoisotopic (exact) mass is 658 g/mol. The van der Waals surface area contributed by atoms with E-state index >= 15 is 0 Å². The molecule has 13 nitrogen and oxygen atoms in total. The smallest absolute Gasteiger partial charge is 0.331 e. The largest absolute Gasteiger partial charge is 0.478 e. The highest BCUT2D eigenvalue weighted by Crippen LogP contribution is 2.25. The van der Waals surface area contributed by atoms with Crippen molar-refractivity contribution in [3.8, 4) is 34.2 Å². The van der Waals surface area contributed by atoms with Crippen LogP contribution < -0.4 is 0 Å². The predicted molar refractivity (Wildman–Crippen MR) is 183 cm³/mol. The van der Waals surface area contributed by atoms with Gasteiger partial charge in [0.1, 0.15) is 11.6 Å². The number of aryl methyl sites for hydroxylation is 2. The second-order valence-corrected chi connectivity index (χ2v) is 10.9. The van der Waals surface area contributed by atoms with E-state index in [-0.39, 0.29) is 29.5 Å². The molecular weight excluding hydrogens is 624 g/mol. The molecule has 0 atom stereocenters. The van der Waals surface area contributed by atoms with E-state index in [2.05, 4.69) is 43.5 Å². The summed E-state index contributed by atoms with van der Waals surface area (Å²) in [6.07, 6.45) is 6.94. The van der Waals surface area contributed by atoms with Crippen LogP contribution in [0.25, 0.3) is 34.2 Å². The number of rotatable bonds is 10. The lowest BCUT2D eigenvalue weighted by Crippen LogP contribution is -2.08. The molecule has 0 aliphatic rings. The van der Waals surface area contributed by atoms with E-state index in [1.54, 1.807) is 24.8 Å². The van der Waals surface area contributed by atoms with Crippen molar-refractivity contribution >= 4 is 11.9 Å². The summed E-state index contributed by atoms with van der Waals surface area (Å²) in [5.41, 5.74) is 5.84. The number of hydrogen-bond donors (Lipinski definition) is 2. The van der Waals surface area contributed by atoms with E-state index < -0.39 is 11.9 Å². The molecule has 4 N–H and O–H groups in total. The van der Waals surface area contributed by atoms with E-state index in [0.29, 0.717) is 23.3 Å². The molecule has 49 heavy (non-hydrogen) atoms. The molecule has 0 aliphatic heterocycles. The first-order valence-electron chi connectivity index (χ1n) is 14.8. The van der Waals surface area contributed by atoms with Gasteiger partial charge in [-0.1, -0.05) is 48.6 Å². The summed E-state index contributed by atoms with van der Waals surface area (Å²) in [5.74, 6) is 0.234. The van der Waals surface area contributed by atoms with Gasteiger partial charge >= 0.3 is 11.9 Å². The van der Waals surface area contributed by atoms with Crippen molar-refractivity contribution in [3.63, 3.8) is 0 Å². The fourth-order valence-electron chi connectivity index (χ4n) is 4.70. The minimum absolute atomic E-state index is 0. The minimum atomic E-state index is -1.04. The summed E-state index contributed by atoms with van der Waals surface area (Å²) in [6.45, 7) is 11.2. The number of carbonyl (C=O) groups is 2. The summed E-state index contributed by atoms with van der Waals surface area (Å²) >= 11 is 0. The van der Waals surface area contributed by atoms with Crippen LogP contribution in [0.2, 0.25) is 0 Å². The molecule has 0 saturated carbocycles. The van der Waals surface area contributed by atoms with Gasteiger partial charge in [0.05, 0.1) is 0 Å². The third-order valence-electron chi connectivity index (χ3n) is 7.27. The first-order valence-corrected chi connectivity index (χ1v) is 14.8. The van der Waals surface area contributed by atoms with Crippen LogP contribution >= 0.6 is 0 Å². The Labute approximate surface area is 281 Å². The van der Waals surface area contributed by atoms with Crippen LogP contribution in [-0.2, 0) is 22.4 Å². The summed E-state index contributed by atoms with van der Waals surface area (Å²) in [4.78, 5) is 30.2. The SMILES string of the molecule is C=C(Cc1nnc(-c2ccncc2)n1-c1ccc(C)cc1)C(=O)O.C=C(Cc1nnc(-c2ccncc2)n1-c1ccc(C)cc1)C(=O)O.O. The van der Waals surface area contributed by atoms with Crippen molar-refractivity contribution in [3.05, 3.63) is 145 Å². The number of pyridine rings is 2. The van der Waals surface area contributed by atoms with Crippen molar-refractivity contribution in [2.75, 3.05) is 0 Å². The van der Waals surface area contributed by atoms with Gasteiger partial charge in [0.2, 0.25) is 0 Å². The van der Waals surface area contributed by atoms with Gasteiger partial charge in [-0.05, 0) is 62.4 Å². The van der Waals surface area contributed by atoms with E-state index in [1.807, 2.05) is 95.8 Å². The second-order valence-electron chi connectivity index (χ2n) is 10.9. The highest BCUT2D eigenvalue weighted by atomic mass is 16.4. The van der Waals surface area contributed by atoms with Crippen molar-refractivity contribution in [2.24, 2.45) is 0 Å². The third kappa shape index (κ3) is 8.41.